The molecular formula is C18H16N8. The Kier molecular flexibility index (Phi) is 4.11. The van der Waals surface area contributed by atoms with E-state index in [1.54, 1.807) is 40.1 Å². The van der Waals surface area contributed by atoms with Crippen LogP contribution in [0.15, 0.2) is 43.2 Å². The first kappa shape index (κ1) is 15.9. The molecule has 0 amide bonds. The molecule has 0 aliphatic carbocycles. The number of rotatable bonds is 5. The van der Waals surface area contributed by atoms with Crippen LogP contribution in [0.2, 0.25) is 0 Å². The average Bonchev–Trinajstić information content (AvgIpc) is 3.33. The van der Waals surface area contributed by atoms with E-state index in [4.69, 9.17) is 0 Å². The van der Waals surface area contributed by atoms with Gasteiger partial charge in [0.2, 0.25) is 0 Å². The Morgan fingerprint density at radius 2 is 2.04 bits per heavy atom. The lowest BCUT2D eigenvalue weighted by Gasteiger charge is -2.11. The van der Waals surface area contributed by atoms with Crippen molar-refractivity contribution >= 4 is 5.65 Å². The Labute approximate surface area is 149 Å². The fourth-order valence-electron chi connectivity index (χ4n) is 3.02. The molecule has 0 N–H and O–H groups in total. The van der Waals surface area contributed by atoms with Gasteiger partial charge in [-0.05, 0) is 24.6 Å². The van der Waals surface area contributed by atoms with E-state index < -0.39 is 0 Å². The Hall–Kier alpha value is -3.60. The van der Waals surface area contributed by atoms with Crippen molar-refractivity contribution in [3.8, 4) is 11.9 Å². The molecule has 0 aliphatic rings. The maximum atomic E-state index is 9.35. The monoisotopic (exact) mass is 344 g/mol. The minimum Gasteiger partial charge on any atom is -0.240 e. The van der Waals surface area contributed by atoms with Crippen LogP contribution in [-0.2, 0) is 12.8 Å². The van der Waals surface area contributed by atoms with Gasteiger partial charge in [-0.1, -0.05) is 13.3 Å². The van der Waals surface area contributed by atoms with Crippen molar-refractivity contribution in [1.82, 2.24) is 34.3 Å². The normalized spacial score (nSPS) is 10.9. The summed E-state index contributed by atoms with van der Waals surface area (Å²) in [5, 5.41) is 17.9. The van der Waals surface area contributed by atoms with Crippen LogP contribution in [0.5, 0.6) is 0 Å². The summed E-state index contributed by atoms with van der Waals surface area (Å²) in [6.45, 7) is 2.13. The number of nitrogens with zero attached hydrogens (tertiary/aromatic N) is 8. The van der Waals surface area contributed by atoms with Gasteiger partial charge < -0.3 is 0 Å². The smallest absolute Gasteiger partial charge is 0.171 e. The van der Waals surface area contributed by atoms with E-state index in [-0.39, 0.29) is 0 Å². The summed E-state index contributed by atoms with van der Waals surface area (Å²) in [5.74, 6) is 0.524. The minimum atomic E-state index is 0.479. The predicted molar refractivity (Wildman–Crippen MR) is 93.7 cm³/mol. The lowest BCUT2D eigenvalue weighted by atomic mass is 10.1. The standard InChI is InChI=1S/C18H16N8/c1-2-4-15-16(22-12-25-18(15)21-11-24-25)9-14-6-8-23-26(14)17-13(10-19)5-3-7-20-17/h3,5-8,11-12H,2,4,9H2,1H3. The third kappa shape index (κ3) is 2.69. The fraction of sp³-hybridized carbons (Fsp3) is 0.222. The van der Waals surface area contributed by atoms with Gasteiger partial charge in [-0.15, -0.1) is 0 Å². The zero-order valence-corrected chi connectivity index (χ0v) is 14.2. The molecule has 4 heterocycles. The summed E-state index contributed by atoms with van der Waals surface area (Å²) in [5.41, 5.74) is 4.24. The van der Waals surface area contributed by atoms with Crippen LogP contribution < -0.4 is 0 Å². The lowest BCUT2D eigenvalue weighted by Crippen LogP contribution is -2.10. The van der Waals surface area contributed by atoms with Crippen molar-refractivity contribution in [2.75, 3.05) is 0 Å². The van der Waals surface area contributed by atoms with E-state index in [0.717, 1.165) is 35.4 Å². The molecule has 26 heavy (non-hydrogen) atoms. The summed E-state index contributed by atoms with van der Waals surface area (Å²) < 4.78 is 3.39. The van der Waals surface area contributed by atoms with Crippen LogP contribution in [0.25, 0.3) is 11.5 Å². The molecule has 0 bridgehead atoms. The van der Waals surface area contributed by atoms with Crippen molar-refractivity contribution < 1.29 is 0 Å². The Bertz CT molecular complexity index is 1100. The van der Waals surface area contributed by atoms with Crippen LogP contribution >= 0.6 is 0 Å². The molecule has 0 fully saturated rings. The molecule has 0 spiro atoms. The summed E-state index contributed by atoms with van der Waals surface area (Å²) in [6.07, 6.45) is 9.01. The van der Waals surface area contributed by atoms with Crippen molar-refractivity contribution in [3.63, 3.8) is 0 Å². The Morgan fingerprint density at radius 1 is 1.12 bits per heavy atom. The maximum Gasteiger partial charge on any atom is 0.171 e. The summed E-state index contributed by atoms with van der Waals surface area (Å²) >= 11 is 0. The quantitative estimate of drug-likeness (QED) is 0.550. The van der Waals surface area contributed by atoms with E-state index >= 15 is 0 Å². The molecule has 0 radical (unpaired) electrons. The average molecular weight is 344 g/mol. The van der Waals surface area contributed by atoms with Crippen LogP contribution in [0.1, 0.15) is 35.9 Å². The second-order valence-corrected chi connectivity index (χ2v) is 5.85. The van der Waals surface area contributed by atoms with Gasteiger partial charge >= 0.3 is 0 Å². The highest BCUT2D eigenvalue weighted by Crippen LogP contribution is 2.20. The number of aromatic nitrogens is 7. The molecule has 0 atom stereocenters. The van der Waals surface area contributed by atoms with E-state index in [2.05, 4.69) is 38.1 Å². The van der Waals surface area contributed by atoms with Crippen molar-refractivity contribution in [2.24, 2.45) is 0 Å². The molecule has 0 saturated heterocycles. The van der Waals surface area contributed by atoms with Gasteiger partial charge in [-0.2, -0.15) is 15.5 Å². The summed E-state index contributed by atoms with van der Waals surface area (Å²) in [7, 11) is 0. The number of hydrogen-bond acceptors (Lipinski definition) is 6. The van der Waals surface area contributed by atoms with Gasteiger partial charge in [0.25, 0.3) is 0 Å². The van der Waals surface area contributed by atoms with Crippen LogP contribution in [0.3, 0.4) is 0 Å². The first-order valence-electron chi connectivity index (χ1n) is 8.36. The van der Waals surface area contributed by atoms with Gasteiger partial charge in [0.15, 0.2) is 11.5 Å². The van der Waals surface area contributed by atoms with Gasteiger partial charge in [0, 0.05) is 24.4 Å². The van der Waals surface area contributed by atoms with Gasteiger partial charge in [0.1, 0.15) is 18.7 Å². The number of hydrogen-bond donors (Lipinski definition) is 0. The highest BCUT2D eigenvalue weighted by Gasteiger charge is 2.16. The molecule has 0 aliphatic heterocycles. The van der Waals surface area contributed by atoms with E-state index in [1.165, 1.54) is 6.33 Å². The molecule has 8 heteroatoms. The Morgan fingerprint density at radius 3 is 2.88 bits per heavy atom. The Balaban J connectivity index is 1.78. The van der Waals surface area contributed by atoms with Gasteiger partial charge in [0.05, 0.1) is 17.0 Å². The largest absolute Gasteiger partial charge is 0.240 e. The highest BCUT2D eigenvalue weighted by atomic mass is 15.3. The molecule has 0 aromatic carbocycles. The molecule has 0 saturated carbocycles. The zero-order chi connectivity index (χ0) is 17.9. The first-order chi connectivity index (χ1) is 12.8. The molecule has 128 valence electrons. The number of nitriles is 1. The van der Waals surface area contributed by atoms with E-state index in [9.17, 15) is 5.26 Å². The predicted octanol–water partition coefficient (Wildman–Crippen LogP) is 2.12. The number of fused-ring (bicyclic) bond motifs is 1. The first-order valence-corrected chi connectivity index (χ1v) is 8.36. The van der Waals surface area contributed by atoms with E-state index in [1.807, 2.05) is 6.07 Å². The molecule has 8 nitrogen and oxygen atoms in total. The molecule has 0 unspecified atom stereocenters. The van der Waals surface area contributed by atoms with Crippen molar-refractivity contribution in [2.45, 2.75) is 26.2 Å². The van der Waals surface area contributed by atoms with Gasteiger partial charge in [-0.3, -0.25) is 0 Å². The third-order valence-electron chi connectivity index (χ3n) is 4.19. The molecule has 4 aromatic heterocycles. The van der Waals surface area contributed by atoms with Crippen molar-refractivity contribution in [1.29, 1.82) is 5.26 Å². The van der Waals surface area contributed by atoms with Gasteiger partial charge in [-0.25, -0.2) is 24.1 Å². The SMILES string of the molecule is CCCc1c(Cc2ccnn2-c2ncccc2C#N)ncn2ncnc12. The van der Waals surface area contributed by atoms with Crippen LogP contribution in [-0.4, -0.2) is 34.3 Å². The number of aryl methyl sites for hydroxylation is 1. The fourth-order valence-corrected chi connectivity index (χ4v) is 3.02. The van der Waals surface area contributed by atoms with Crippen LogP contribution in [0.4, 0.5) is 0 Å². The van der Waals surface area contributed by atoms with E-state index in [0.29, 0.717) is 17.8 Å². The second kappa shape index (κ2) is 6.72. The molecule has 4 rings (SSSR count). The minimum absolute atomic E-state index is 0.479. The van der Waals surface area contributed by atoms with Crippen LogP contribution in [0, 0.1) is 11.3 Å². The second-order valence-electron chi connectivity index (χ2n) is 5.85. The number of pyridine rings is 1. The molecule has 4 aromatic rings. The zero-order valence-electron chi connectivity index (χ0n) is 14.2. The summed E-state index contributed by atoms with van der Waals surface area (Å²) in [4.78, 5) is 13.3. The third-order valence-corrected chi connectivity index (χ3v) is 4.19. The lowest BCUT2D eigenvalue weighted by molar-refractivity contribution is 0.774. The maximum absolute atomic E-state index is 9.35. The summed E-state index contributed by atoms with van der Waals surface area (Å²) in [6, 6.07) is 7.56. The van der Waals surface area contributed by atoms with Crippen molar-refractivity contribution in [3.05, 3.63) is 65.8 Å². The molecular weight excluding hydrogens is 328 g/mol. The highest BCUT2D eigenvalue weighted by molar-refractivity contribution is 5.50. The topological polar surface area (TPSA) is 97.6 Å².